The highest BCUT2D eigenvalue weighted by molar-refractivity contribution is 8.11. The minimum Gasteiger partial charge on any atom is -0.105 e. The molecule has 0 spiro atoms. The second-order valence-electron chi connectivity index (χ2n) is 2.70. The maximum atomic E-state index is 2.28. The van der Waals surface area contributed by atoms with Crippen LogP contribution in [0.2, 0.25) is 0 Å². The molecule has 0 saturated heterocycles. The van der Waals surface area contributed by atoms with Crippen LogP contribution >= 0.6 is 23.5 Å². The molecule has 2 aliphatic rings. The first-order valence-electron chi connectivity index (χ1n) is 3.97. The zero-order chi connectivity index (χ0) is 8.23. The fourth-order valence-corrected chi connectivity index (χ4v) is 3.00. The first kappa shape index (κ1) is 8.27. The molecule has 1 aliphatic heterocycles. The second-order valence-corrected chi connectivity index (χ2v) is 4.46. The summed E-state index contributed by atoms with van der Waals surface area (Å²) in [5.74, 6) is 0.623. The molecule has 62 valence electrons. The van der Waals surface area contributed by atoms with Gasteiger partial charge in [-0.25, -0.2) is 0 Å². The number of hydrogen-bond donors (Lipinski definition) is 0. The topological polar surface area (TPSA) is 0 Å². The van der Waals surface area contributed by atoms with Gasteiger partial charge in [-0.05, 0) is 22.6 Å². The molecule has 0 radical (unpaired) electrons. The Bertz CT molecular complexity index is 272. The van der Waals surface area contributed by atoms with Gasteiger partial charge in [-0.1, -0.05) is 24.3 Å². The van der Waals surface area contributed by atoms with Crippen LogP contribution in [0.4, 0.5) is 0 Å². The van der Waals surface area contributed by atoms with Gasteiger partial charge in [0.05, 0.1) is 0 Å². The van der Waals surface area contributed by atoms with Crippen LogP contribution in [0.3, 0.4) is 0 Å². The molecule has 0 aromatic carbocycles. The molecule has 2 heteroatoms. The van der Waals surface area contributed by atoms with Gasteiger partial charge in [-0.3, -0.25) is 0 Å². The summed E-state index contributed by atoms with van der Waals surface area (Å²) in [7, 11) is 0. The van der Waals surface area contributed by atoms with E-state index in [2.05, 4.69) is 40.5 Å². The third-order valence-electron chi connectivity index (χ3n) is 1.87. The van der Waals surface area contributed by atoms with Crippen LogP contribution < -0.4 is 0 Å². The molecule has 1 aliphatic carbocycles. The van der Waals surface area contributed by atoms with E-state index in [1.54, 1.807) is 11.8 Å². The van der Waals surface area contributed by atoms with E-state index in [1.165, 1.54) is 4.91 Å². The average molecular weight is 194 g/mol. The molecule has 0 N–H and O–H groups in total. The second kappa shape index (κ2) is 4.06. The molecule has 1 atom stereocenters. The van der Waals surface area contributed by atoms with Gasteiger partial charge in [0.2, 0.25) is 0 Å². The van der Waals surface area contributed by atoms with Gasteiger partial charge >= 0.3 is 0 Å². The molecular formula is C10H10S2. The van der Waals surface area contributed by atoms with Crippen molar-refractivity contribution in [2.24, 2.45) is 5.92 Å². The molecule has 0 saturated carbocycles. The monoisotopic (exact) mass is 194 g/mol. The van der Waals surface area contributed by atoms with Crippen molar-refractivity contribution >= 4 is 23.5 Å². The summed E-state index contributed by atoms with van der Waals surface area (Å²) in [4.78, 5) is 1.48. The number of rotatable bonds is 1. The molecule has 0 fully saturated rings. The highest BCUT2D eigenvalue weighted by atomic mass is 32.2. The van der Waals surface area contributed by atoms with E-state index in [4.69, 9.17) is 0 Å². The third-order valence-corrected chi connectivity index (χ3v) is 3.84. The van der Waals surface area contributed by atoms with E-state index >= 15 is 0 Å². The largest absolute Gasteiger partial charge is 0.105 e. The Balaban J connectivity index is 2.04. The average Bonchev–Trinajstić information content (AvgIpc) is 2.21. The smallest absolute Gasteiger partial charge is 0.0124 e. The first-order valence-corrected chi connectivity index (χ1v) is 5.79. The van der Waals surface area contributed by atoms with Gasteiger partial charge in [0.15, 0.2) is 0 Å². The van der Waals surface area contributed by atoms with Crippen molar-refractivity contribution in [2.45, 2.75) is 6.42 Å². The van der Waals surface area contributed by atoms with Gasteiger partial charge < -0.3 is 0 Å². The Morgan fingerprint density at radius 3 is 2.92 bits per heavy atom. The van der Waals surface area contributed by atoms with Crippen LogP contribution in [0.15, 0.2) is 45.4 Å². The van der Waals surface area contributed by atoms with E-state index in [0.29, 0.717) is 5.92 Å². The zero-order valence-electron chi connectivity index (χ0n) is 6.64. The van der Waals surface area contributed by atoms with Gasteiger partial charge in [-0.15, -0.1) is 23.5 Å². The molecular weight excluding hydrogens is 184 g/mol. The quantitative estimate of drug-likeness (QED) is 0.620. The maximum Gasteiger partial charge on any atom is 0.0124 e. The molecule has 12 heavy (non-hydrogen) atoms. The number of allylic oxidation sites excluding steroid dienone is 5. The van der Waals surface area contributed by atoms with Gasteiger partial charge in [0, 0.05) is 10.8 Å². The van der Waals surface area contributed by atoms with Crippen molar-refractivity contribution in [2.75, 3.05) is 0 Å². The number of thioether (sulfide) groups is 2. The molecule has 0 bridgehead atoms. The molecule has 0 aromatic heterocycles. The van der Waals surface area contributed by atoms with E-state index in [0.717, 1.165) is 6.42 Å². The Kier molecular flexibility index (Phi) is 2.79. The lowest BCUT2D eigenvalue weighted by molar-refractivity contribution is 0.811. The van der Waals surface area contributed by atoms with Crippen LogP contribution in [0.5, 0.6) is 0 Å². The molecule has 0 amide bonds. The van der Waals surface area contributed by atoms with Crippen molar-refractivity contribution in [3.63, 3.8) is 0 Å². The Morgan fingerprint density at radius 1 is 1.25 bits per heavy atom. The standard InChI is InChI=1S/C10H10S2/c1-2-4-9(5-3-1)10-8-11-6-7-12-10/h1-4,6-9H,5H2. The summed E-state index contributed by atoms with van der Waals surface area (Å²) in [5.41, 5.74) is 0. The van der Waals surface area contributed by atoms with Gasteiger partial charge in [-0.2, -0.15) is 0 Å². The first-order chi connectivity index (χ1) is 5.97. The van der Waals surface area contributed by atoms with Gasteiger partial charge in [0.25, 0.3) is 0 Å². The van der Waals surface area contributed by atoms with Crippen LogP contribution in [-0.4, -0.2) is 0 Å². The highest BCUT2D eigenvalue weighted by Gasteiger charge is 2.12. The SMILES string of the molecule is C1=CCC(C2=CSC=CS2)C=C1. The molecule has 1 unspecified atom stereocenters. The fraction of sp³-hybridized carbons (Fsp3) is 0.200. The summed E-state index contributed by atoms with van der Waals surface area (Å²) in [5, 5.41) is 6.53. The summed E-state index contributed by atoms with van der Waals surface area (Å²) in [6, 6.07) is 0. The minimum atomic E-state index is 0.623. The summed E-state index contributed by atoms with van der Waals surface area (Å²) >= 11 is 3.62. The molecule has 1 heterocycles. The van der Waals surface area contributed by atoms with E-state index in [9.17, 15) is 0 Å². The highest BCUT2D eigenvalue weighted by Crippen LogP contribution is 2.36. The third kappa shape index (κ3) is 1.87. The normalized spacial score (nSPS) is 27.3. The fourth-order valence-electron chi connectivity index (χ4n) is 1.24. The lowest BCUT2D eigenvalue weighted by Crippen LogP contribution is -1.98. The van der Waals surface area contributed by atoms with E-state index < -0.39 is 0 Å². The lowest BCUT2D eigenvalue weighted by atomic mass is 10.0. The van der Waals surface area contributed by atoms with Crippen molar-refractivity contribution in [1.82, 2.24) is 0 Å². The lowest BCUT2D eigenvalue weighted by Gasteiger charge is -2.16. The van der Waals surface area contributed by atoms with Crippen LogP contribution in [0.1, 0.15) is 6.42 Å². The van der Waals surface area contributed by atoms with Gasteiger partial charge in [0.1, 0.15) is 0 Å². The zero-order valence-corrected chi connectivity index (χ0v) is 8.28. The molecule has 2 rings (SSSR count). The predicted molar refractivity (Wildman–Crippen MR) is 58.8 cm³/mol. The summed E-state index contributed by atoms with van der Waals surface area (Å²) in [6.45, 7) is 0. The maximum absolute atomic E-state index is 2.28. The van der Waals surface area contributed by atoms with Crippen molar-refractivity contribution < 1.29 is 0 Å². The van der Waals surface area contributed by atoms with Crippen LogP contribution in [-0.2, 0) is 0 Å². The Hall–Kier alpha value is -0.340. The summed E-state index contributed by atoms with van der Waals surface area (Å²) < 4.78 is 0. The van der Waals surface area contributed by atoms with Crippen LogP contribution in [0.25, 0.3) is 0 Å². The minimum absolute atomic E-state index is 0.623. The molecule has 0 nitrogen and oxygen atoms in total. The van der Waals surface area contributed by atoms with E-state index in [1.807, 2.05) is 11.8 Å². The van der Waals surface area contributed by atoms with Crippen molar-refractivity contribution in [1.29, 1.82) is 0 Å². The van der Waals surface area contributed by atoms with E-state index in [-0.39, 0.29) is 0 Å². The molecule has 0 aromatic rings. The van der Waals surface area contributed by atoms with Crippen molar-refractivity contribution in [3.8, 4) is 0 Å². The number of hydrogen-bond acceptors (Lipinski definition) is 2. The van der Waals surface area contributed by atoms with Crippen LogP contribution in [0, 0.1) is 5.92 Å². The Morgan fingerprint density at radius 2 is 2.25 bits per heavy atom. The van der Waals surface area contributed by atoms with Crippen molar-refractivity contribution in [3.05, 3.63) is 45.4 Å². The predicted octanol–water partition coefficient (Wildman–Crippen LogP) is 3.91. The Labute approximate surface area is 81.5 Å². The summed E-state index contributed by atoms with van der Waals surface area (Å²) in [6.07, 6.45) is 9.92.